The van der Waals surface area contributed by atoms with Crippen molar-refractivity contribution in [3.63, 3.8) is 0 Å². The smallest absolute Gasteiger partial charge is 0.305 e. The van der Waals surface area contributed by atoms with Crippen LogP contribution in [0.15, 0.2) is 65.1 Å². The van der Waals surface area contributed by atoms with Crippen LogP contribution in [0.25, 0.3) is 11.3 Å². The minimum atomic E-state index is -0.813. The third kappa shape index (κ3) is 3.55. The first-order valence-corrected chi connectivity index (χ1v) is 7.26. The molecular weight excluding hydrogens is 330 g/mol. The van der Waals surface area contributed by atoms with Gasteiger partial charge in [-0.1, -0.05) is 24.3 Å². The summed E-state index contributed by atoms with van der Waals surface area (Å²) >= 11 is 0. The molecule has 0 atom stereocenters. The Hall–Kier alpha value is -3.48. The van der Waals surface area contributed by atoms with E-state index in [9.17, 15) is 18.4 Å². The van der Waals surface area contributed by atoms with E-state index in [1.807, 2.05) is 0 Å². The van der Waals surface area contributed by atoms with Crippen LogP contribution in [-0.4, -0.2) is 11.8 Å². The Kier molecular flexibility index (Phi) is 4.56. The van der Waals surface area contributed by atoms with E-state index in [2.05, 4.69) is 10.9 Å². The van der Waals surface area contributed by atoms with Crippen LogP contribution in [0.4, 0.5) is 8.78 Å². The zero-order valence-corrected chi connectivity index (χ0v) is 12.8. The predicted molar refractivity (Wildman–Crippen MR) is 85.4 cm³/mol. The highest BCUT2D eigenvalue weighted by molar-refractivity contribution is 5.98. The topological polar surface area (TPSA) is 71.3 Å². The summed E-state index contributed by atoms with van der Waals surface area (Å²) in [6, 6.07) is 14.1. The molecule has 0 unspecified atom stereocenters. The Morgan fingerprint density at radius 1 is 0.760 bits per heavy atom. The van der Waals surface area contributed by atoms with Crippen molar-refractivity contribution >= 4 is 11.8 Å². The van der Waals surface area contributed by atoms with Gasteiger partial charge in [0, 0.05) is 0 Å². The van der Waals surface area contributed by atoms with Crippen molar-refractivity contribution in [2.45, 2.75) is 0 Å². The molecule has 0 bridgehead atoms. The van der Waals surface area contributed by atoms with Gasteiger partial charge in [-0.05, 0) is 36.4 Å². The molecule has 0 aliphatic carbocycles. The Morgan fingerprint density at radius 3 is 2.12 bits per heavy atom. The van der Waals surface area contributed by atoms with Crippen LogP contribution in [0.5, 0.6) is 0 Å². The number of halogens is 2. The molecule has 0 aliphatic heterocycles. The van der Waals surface area contributed by atoms with E-state index in [0.29, 0.717) is 0 Å². The maximum atomic E-state index is 13.7. The Morgan fingerprint density at radius 2 is 1.40 bits per heavy atom. The van der Waals surface area contributed by atoms with E-state index in [1.165, 1.54) is 48.5 Å². The van der Waals surface area contributed by atoms with Crippen LogP contribution < -0.4 is 10.9 Å². The van der Waals surface area contributed by atoms with Gasteiger partial charge in [0.05, 0.1) is 11.1 Å². The lowest BCUT2D eigenvalue weighted by Gasteiger charge is -2.06. The molecule has 2 amide bonds. The summed E-state index contributed by atoms with van der Waals surface area (Å²) < 4.78 is 32.5. The first-order valence-electron chi connectivity index (χ1n) is 7.26. The van der Waals surface area contributed by atoms with Gasteiger partial charge in [0.25, 0.3) is 5.91 Å². The molecule has 0 saturated heterocycles. The monoisotopic (exact) mass is 342 g/mol. The summed E-state index contributed by atoms with van der Waals surface area (Å²) in [4.78, 5) is 23.8. The maximum Gasteiger partial charge on any atom is 0.305 e. The number of hydrogen-bond donors (Lipinski definition) is 2. The molecule has 0 saturated carbocycles. The summed E-state index contributed by atoms with van der Waals surface area (Å²) in [5, 5.41) is 0. The van der Waals surface area contributed by atoms with Gasteiger partial charge in [-0.3, -0.25) is 20.4 Å². The van der Waals surface area contributed by atoms with Crippen LogP contribution in [0.3, 0.4) is 0 Å². The number of benzene rings is 2. The largest absolute Gasteiger partial charge is 0.451 e. The van der Waals surface area contributed by atoms with Crippen molar-refractivity contribution < 1.29 is 22.8 Å². The van der Waals surface area contributed by atoms with Crippen LogP contribution in [0.2, 0.25) is 0 Å². The van der Waals surface area contributed by atoms with Gasteiger partial charge in [-0.2, -0.15) is 0 Å². The zero-order chi connectivity index (χ0) is 17.8. The molecule has 3 aromatic rings. The third-order valence-electron chi connectivity index (χ3n) is 3.38. The van der Waals surface area contributed by atoms with Gasteiger partial charge in [0.1, 0.15) is 17.4 Å². The number of amides is 2. The average Bonchev–Trinajstić information content (AvgIpc) is 3.10. The van der Waals surface area contributed by atoms with Crippen molar-refractivity contribution in [3.8, 4) is 11.3 Å². The molecule has 0 spiro atoms. The highest BCUT2D eigenvalue weighted by Crippen LogP contribution is 2.24. The first kappa shape index (κ1) is 16.4. The molecule has 0 aliphatic rings. The second-order valence-electron chi connectivity index (χ2n) is 5.03. The number of hydrazine groups is 1. The summed E-state index contributed by atoms with van der Waals surface area (Å²) in [7, 11) is 0. The highest BCUT2D eigenvalue weighted by atomic mass is 19.1. The summed E-state index contributed by atoms with van der Waals surface area (Å²) in [6.07, 6.45) is 0. The van der Waals surface area contributed by atoms with Gasteiger partial charge >= 0.3 is 5.91 Å². The molecular formula is C18H12F2N2O3. The van der Waals surface area contributed by atoms with Gasteiger partial charge in [0.15, 0.2) is 5.76 Å². The number of rotatable bonds is 3. The normalized spacial score (nSPS) is 10.3. The molecule has 126 valence electrons. The molecule has 3 rings (SSSR count). The Balaban J connectivity index is 1.68. The highest BCUT2D eigenvalue weighted by Gasteiger charge is 2.16. The van der Waals surface area contributed by atoms with Crippen molar-refractivity contribution in [2.75, 3.05) is 0 Å². The van der Waals surface area contributed by atoms with Crippen LogP contribution in [0.1, 0.15) is 20.9 Å². The lowest BCUT2D eigenvalue weighted by Crippen LogP contribution is -2.41. The number of furan rings is 1. The SMILES string of the molecule is O=C(NNC(=O)c1ccccc1F)c1ccc(-c2ccccc2F)o1. The number of nitrogens with one attached hydrogen (secondary N) is 2. The number of hydrogen-bond acceptors (Lipinski definition) is 3. The second-order valence-corrected chi connectivity index (χ2v) is 5.03. The van der Waals surface area contributed by atoms with Crippen molar-refractivity contribution in [3.05, 3.63) is 83.6 Å². The minimum absolute atomic E-state index is 0.132. The molecule has 1 aromatic heterocycles. The van der Waals surface area contributed by atoms with Crippen molar-refractivity contribution in [1.82, 2.24) is 10.9 Å². The van der Waals surface area contributed by atoms with E-state index in [1.54, 1.807) is 6.07 Å². The van der Waals surface area contributed by atoms with Gasteiger partial charge < -0.3 is 4.42 Å². The van der Waals surface area contributed by atoms with Crippen LogP contribution in [0, 0.1) is 11.6 Å². The quantitative estimate of drug-likeness (QED) is 0.718. The molecule has 2 aromatic carbocycles. The fourth-order valence-electron chi connectivity index (χ4n) is 2.15. The van der Waals surface area contributed by atoms with E-state index in [4.69, 9.17) is 4.42 Å². The first-order chi connectivity index (χ1) is 12.1. The van der Waals surface area contributed by atoms with Crippen LogP contribution >= 0.6 is 0 Å². The lowest BCUT2D eigenvalue weighted by molar-refractivity contribution is 0.0829. The average molecular weight is 342 g/mol. The van der Waals surface area contributed by atoms with Crippen LogP contribution in [-0.2, 0) is 0 Å². The Bertz CT molecular complexity index is 937. The van der Waals surface area contributed by atoms with E-state index in [-0.39, 0.29) is 22.6 Å². The summed E-state index contributed by atoms with van der Waals surface area (Å²) in [5.74, 6) is -2.74. The van der Waals surface area contributed by atoms with Gasteiger partial charge in [0.2, 0.25) is 0 Å². The van der Waals surface area contributed by atoms with E-state index < -0.39 is 23.4 Å². The fourth-order valence-corrected chi connectivity index (χ4v) is 2.15. The zero-order valence-electron chi connectivity index (χ0n) is 12.8. The standard InChI is InChI=1S/C18H12F2N2O3/c19-13-7-3-1-5-11(13)15-9-10-16(25-15)18(24)22-21-17(23)12-6-2-4-8-14(12)20/h1-10H,(H,21,23)(H,22,24). The molecule has 5 nitrogen and oxygen atoms in total. The molecule has 0 fully saturated rings. The predicted octanol–water partition coefficient (Wildman–Crippen LogP) is 3.30. The number of carbonyl (C=O) groups excluding carboxylic acids is 2. The molecule has 25 heavy (non-hydrogen) atoms. The van der Waals surface area contributed by atoms with Crippen molar-refractivity contribution in [2.24, 2.45) is 0 Å². The third-order valence-corrected chi connectivity index (χ3v) is 3.38. The van der Waals surface area contributed by atoms with E-state index in [0.717, 1.165) is 6.07 Å². The van der Waals surface area contributed by atoms with Crippen molar-refractivity contribution in [1.29, 1.82) is 0 Å². The molecule has 7 heteroatoms. The second kappa shape index (κ2) is 6.96. The van der Waals surface area contributed by atoms with E-state index >= 15 is 0 Å². The molecule has 0 radical (unpaired) electrons. The van der Waals surface area contributed by atoms with Gasteiger partial charge in [-0.25, -0.2) is 8.78 Å². The fraction of sp³-hybridized carbons (Fsp3) is 0. The van der Waals surface area contributed by atoms with Gasteiger partial charge in [-0.15, -0.1) is 0 Å². The Labute approximate surface area is 141 Å². The molecule has 1 heterocycles. The maximum absolute atomic E-state index is 13.7. The summed E-state index contributed by atoms with van der Waals surface area (Å²) in [5.41, 5.74) is 4.19. The number of carbonyl (C=O) groups is 2. The molecule has 2 N–H and O–H groups in total. The minimum Gasteiger partial charge on any atom is -0.451 e. The lowest BCUT2D eigenvalue weighted by atomic mass is 10.1. The summed E-state index contributed by atoms with van der Waals surface area (Å²) in [6.45, 7) is 0.